The summed E-state index contributed by atoms with van der Waals surface area (Å²) in [4.78, 5) is 30.8. The van der Waals surface area contributed by atoms with Gasteiger partial charge in [-0.2, -0.15) is 5.10 Å². The molecule has 0 aliphatic heterocycles. The van der Waals surface area contributed by atoms with Gasteiger partial charge in [0.05, 0.1) is 17.3 Å². The molecule has 0 saturated heterocycles. The number of rotatable bonds is 3. The summed E-state index contributed by atoms with van der Waals surface area (Å²) < 4.78 is 1.55. The van der Waals surface area contributed by atoms with Crippen molar-refractivity contribution in [2.24, 2.45) is 4.99 Å². The van der Waals surface area contributed by atoms with Crippen molar-refractivity contribution < 1.29 is 9.90 Å². The number of fused-ring (bicyclic) bond motifs is 2. The Balaban J connectivity index is 2.25. The van der Waals surface area contributed by atoms with Gasteiger partial charge in [0, 0.05) is 35.0 Å². The highest BCUT2D eigenvalue weighted by atomic mass is 16.3. The third-order valence-electron chi connectivity index (χ3n) is 4.82. The van der Waals surface area contributed by atoms with Gasteiger partial charge in [-0.3, -0.25) is 9.59 Å². The van der Waals surface area contributed by atoms with E-state index in [1.165, 1.54) is 6.92 Å². The molecule has 0 radical (unpaired) electrons. The van der Waals surface area contributed by atoms with Crippen LogP contribution >= 0.6 is 0 Å². The number of amides is 1. The highest BCUT2D eigenvalue weighted by molar-refractivity contribution is 6.20. The summed E-state index contributed by atoms with van der Waals surface area (Å²) in [5.41, 5.74) is 0.387. The molecule has 4 rings (SSSR count). The first-order chi connectivity index (χ1) is 13.4. The van der Waals surface area contributed by atoms with Crippen LogP contribution in [-0.4, -0.2) is 46.3 Å². The summed E-state index contributed by atoms with van der Waals surface area (Å²) in [6.45, 7) is 2.53. The standard InChI is InChI=1S/C21H20N4O3/c1-12(26)22-16-9-8-15-17-18(16)20(27)14-7-5-4-6-13(14)19(17)23-25(21(15)28)11-10-24(2)3/h4-9,28H,10-11H2,1-3H3. The number of carbonyl (C=O) groups excluding carboxylic acids is 1. The lowest BCUT2D eigenvalue weighted by atomic mass is 9.98. The smallest absolute Gasteiger partial charge is 0.243 e. The molecular formula is C21H20N4O3. The topological polar surface area (TPSA) is 87.8 Å². The van der Waals surface area contributed by atoms with E-state index in [-0.39, 0.29) is 11.3 Å². The van der Waals surface area contributed by atoms with Crippen LogP contribution in [0.1, 0.15) is 6.92 Å². The van der Waals surface area contributed by atoms with Crippen LogP contribution in [0.25, 0.3) is 32.4 Å². The average Bonchev–Trinajstić information content (AvgIpc) is 2.66. The molecule has 0 atom stereocenters. The Labute approximate surface area is 160 Å². The summed E-state index contributed by atoms with van der Waals surface area (Å²) >= 11 is 0. The third-order valence-corrected chi connectivity index (χ3v) is 4.82. The van der Waals surface area contributed by atoms with Gasteiger partial charge in [0.25, 0.3) is 0 Å². The number of hydrogen-bond acceptors (Lipinski definition) is 5. The van der Waals surface area contributed by atoms with Gasteiger partial charge < -0.3 is 10.0 Å². The SMILES string of the molecule is CC(=O)N=c1ccc2c(O)n(CCN(C)C)nc3c4ccccc4c(=O)c1c23. The van der Waals surface area contributed by atoms with E-state index in [1.54, 1.807) is 28.9 Å². The molecule has 0 spiro atoms. The van der Waals surface area contributed by atoms with Crippen molar-refractivity contribution in [3.8, 4) is 5.88 Å². The van der Waals surface area contributed by atoms with Crippen LogP contribution in [-0.2, 0) is 11.3 Å². The molecular weight excluding hydrogens is 356 g/mol. The Hall–Kier alpha value is -3.32. The Morgan fingerprint density at radius 1 is 1.11 bits per heavy atom. The minimum Gasteiger partial charge on any atom is -0.493 e. The fraction of sp³-hybridized carbons (Fsp3) is 0.238. The van der Waals surface area contributed by atoms with Gasteiger partial charge >= 0.3 is 0 Å². The normalized spacial score (nSPS) is 12.6. The van der Waals surface area contributed by atoms with Crippen molar-refractivity contribution in [1.29, 1.82) is 0 Å². The van der Waals surface area contributed by atoms with Crippen LogP contribution < -0.4 is 10.8 Å². The van der Waals surface area contributed by atoms with Crippen molar-refractivity contribution in [2.45, 2.75) is 13.5 Å². The molecule has 1 N–H and O–H groups in total. The van der Waals surface area contributed by atoms with E-state index in [1.807, 2.05) is 31.1 Å². The minimum absolute atomic E-state index is 0.0107. The first kappa shape index (κ1) is 18.1. The van der Waals surface area contributed by atoms with Crippen LogP contribution in [0.5, 0.6) is 5.88 Å². The predicted octanol–water partition coefficient (Wildman–Crippen LogP) is 1.86. The molecule has 0 bridgehead atoms. The van der Waals surface area contributed by atoms with E-state index < -0.39 is 5.91 Å². The number of nitrogens with zero attached hydrogens (tertiary/aromatic N) is 4. The second-order valence-corrected chi connectivity index (χ2v) is 7.09. The largest absolute Gasteiger partial charge is 0.493 e. The van der Waals surface area contributed by atoms with Crippen molar-refractivity contribution in [3.05, 3.63) is 52.0 Å². The van der Waals surface area contributed by atoms with Crippen molar-refractivity contribution in [1.82, 2.24) is 14.7 Å². The monoisotopic (exact) mass is 376 g/mol. The first-order valence-electron chi connectivity index (χ1n) is 8.99. The quantitative estimate of drug-likeness (QED) is 0.436. The fourth-order valence-corrected chi connectivity index (χ4v) is 3.54. The highest BCUT2D eigenvalue weighted by Crippen LogP contribution is 2.32. The molecule has 1 amide bonds. The molecule has 7 nitrogen and oxygen atoms in total. The van der Waals surface area contributed by atoms with Crippen LogP contribution in [0, 0.1) is 0 Å². The molecule has 3 aromatic carbocycles. The zero-order valence-corrected chi connectivity index (χ0v) is 15.9. The summed E-state index contributed by atoms with van der Waals surface area (Å²) in [5.74, 6) is -0.402. The van der Waals surface area contributed by atoms with E-state index in [9.17, 15) is 14.7 Å². The fourth-order valence-electron chi connectivity index (χ4n) is 3.54. The summed E-state index contributed by atoms with van der Waals surface area (Å²) in [5, 5.41) is 18.4. The lowest BCUT2D eigenvalue weighted by Gasteiger charge is -2.16. The predicted molar refractivity (Wildman–Crippen MR) is 109 cm³/mol. The molecule has 28 heavy (non-hydrogen) atoms. The van der Waals surface area contributed by atoms with Gasteiger partial charge in [-0.1, -0.05) is 24.3 Å². The lowest BCUT2D eigenvalue weighted by Crippen LogP contribution is -2.21. The molecule has 0 unspecified atom stereocenters. The molecule has 1 aromatic heterocycles. The van der Waals surface area contributed by atoms with Gasteiger partial charge in [-0.05, 0) is 26.2 Å². The van der Waals surface area contributed by atoms with Crippen molar-refractivity contribution in [2.75, 3.05) is 20.6 Å². The third kappa shape index (κ3) is 2.80. The zero-order valence-electron chi connectivity index (χ0n) is 15.9. The van der Waals surface area contributed by atoms with E-state index in [4.69, 9.17) is 0 Å². The highest BCUT2D eigenvalue weighted by Gasteiger charge is 2.19. The van der Waals surface area contributed by atoms with Gasteiger partial charge in [0.2, 0.25) is 11.8 Å². The number of hydrogen-bond donors (Lipinski definition) is 1. The second kappa shape index (κ2) is 6.69. The summed E-state index contributed by atoms with van der Waals surface area (Å²) in [7, 11) is 3.90. The number of aromatic nitrogens is 2. The number of benzene rings is 3. The van der Waals surface area contributed by atoms with E-state index >= 15 is 0 Å². The molecule has 4 aromatic rings. The molecule has 0 saturated carbocycles. The minimum atomic E-state index is -0.391. The van der Waals surface area contributed by atoms with Gasteiger partial charge in [-0.25, -0.2) is 9.67 Å². The molecule has 7 heteroatoms. The maximum Gasteiger partial charge on any atom is 0.243 e. The van der Waals surface area contributed by atoms with E-state index in [2.05, 4.69) is 10.1 Å². The van der Waals surface area contributed by atoms with Gasteiger partial charge in [-0.15, -0.1) is 0 Å². The van der Waals surface area contributed by atoms with Gasteiger partial charge in [0.1, 0.15) is 5.52 Å². The number of likely N-dealkylation sites (N-methyl/N-ethyl adjacent to an activating group) is 1. The van der Waals surface area contributed by atoms with Crippen LogP contribution in [0.4, 0.5) is 0 Å². The lowest BCUT2D eigenvalue weighted by molar-refractivity contribution is -0.116. The Morgan fingerprint density at radius 3 is 2.50 bits per heavy atom. The number of carbonyl (C=O) groups is 1. The Morgan fingerprint density at radius 2 is 1.82 bits per heavy atom. The molecule has 0 aliphatic carbocycles. The summed E-state index contributed by atoms with van der Waals surface area (Å²) in [6, 6.07) is 10.5. The van der Waals surface area contributed by atoms with Crippen molar-refractivity contribution >= 4 is 38.4 Å². The first-order valence-corrected chi connectivity index (χ1v) is 8.99. The van der Waals surface area contributed by atoms with E-state index in [0.717, 1.165) is 0 Å². The molecule has 0 aliphatic rings. The average molecular weight is 376 g/mol. The Kier molecular flexibility index (Phi) is 4.31. The molecule has 1 heterocycles. The van der Waals surface area contributed by atoms with E-state index in [0.29, 0.717) is 50.9 Å². The van der Waals surface area contributed by atoms with Crippen LogP contribution in [0.3, 0.4) is 0 Å². The van der Waals surface area contributed by atoms with Gasteiger partial charge in [0.15, 0.2) is 5.43 Å². The maximum absolute atomic E-state index is 13.2. The van der Waals surface area contributed by atoms with Crippen molar-refractivity contribution in [3.63, 3.8) is 0 Å². The molecule has 142 valence electrons. The number of aromatic hydroxyl groups is 1. The summed E-state index contributed by atoms with van der Waals surface area (Å²) in [6.07, 6.45) is 0. The van der Waals surface area contributed by atoms with Crippen LogP contribution in [0.15, 0.2) is 46.2 Å². The second-order valence-electron chi connectivity index (χ2n) is 7.09. The Bertz CT molecular complexity index is 1360. The molecule has 0 fully saturated rings. The maximum atomic E-state index is 13.2. The van der Waals surface area contributed by atoms with Crippen LogP contribution in [0.2, 0.25) is 0 Å². The zero-order chi connectivity index (χ0) is 20.0.